The van der Waals surface area contributed by atoms with Gasteiger partial charge in [-0.25, -0.2) is 4.79 Å². The molecule has 2 amide bonds. The largest absolute Gasteiger partial charge is 0.495 e. The van der Waals surface area contributed by atoms with Gasteiger partial charge in [-0.15, -0.1) is 0 Å². The smallest absolute Gasteiger partial charge is 0.322 e. The molecule has 1 saturated heterocycles. The summed E-state index contributed by atoms with van der Waals surface area (Å²) in [5.74, 6) is 1.13. The Hall–Kier alpha value is -2.18. The number of amides is 2. The highest BCUT2D eigenvalue weighted by atomic mass is 35.5. The number of hydrogen-bond acceptors (Lipinski definition) is 4. The van der Waals surface area contributed by atoms with E-state index in [1.54, 1.807) is 42.5 Å². The minimum Gasteiger partial charge on any atom is -0.495 e. The van der Waals surface area contributed by atoms with Gasteiger partial charge in [-0.1, -0.05) is 23.2 Å². The number of anilines is 1. The monoisotopic (exact) mass is 395 g/mol. The molecule has 1 N–H and O–H groups in total. The number of benzene rings is 1. The first-order valence-corrected chi connectivity index (χ1v) is 8.98. The van der Waals surface area contributed by atoms with E-state index in [0.29, 0.717) is 40.3 Å². The summed E-state index contributed by atoms with van der Waals surface area (Å²) in [6, 6.07) is 6.58. The Kier molecular flexibility index (Phi) is 6.06. The zero-order valence-electron chi connectivity index (χ0n) is 14.2. The van der Waals surface area contributed by atoms with Crippen molar-refractivity contribution in [3.63, 3.8) is 0 Å². The molecule has 1 aromatic carbocycles. The fourth-order valence-corrected chi connectivity index (χ4v) is 3.16. The van der Waals surface area contributed by atoms with Gasteiger partial charge in [0, 0.05) is 30.0 Å². The number of nitrogens with zero attached hydrogens (tertiary/aromatic N) is 2. The number of carbonyl (C=O) groups is 1. The number of likely N-dealkylation sites (tertiary alicyclic amines) is 1. The minimum absolute atomic E-state index is 0.129. The number of aromatic nitrogens is 1. The molecular weight excluding hydrogens is 377 g/mol. The highest BCUT2D eigenvalue weighted by Crippen LogP contribution is 2.29. The Bertz CT molecular complexity index is 788. The van der Waals surface area contributed by atoms with E-state index in [0.717, 1.165) is 12.8 Å². The molecular formula is C18H19Cl2N3O3. The number of carbonyl (C=O) groups excluding carboxylic acids is 1. The summed E-state index contributed by atoms with van der Waals surface area (Å²) in [5, 5.41) is 3.83. The maximum Gasteiger partial charge on any atom is 0.322 e. The summed E-state index contributed by atoms with van der Waals surface area (Å²) >= 11 is 12.1. The Morgan fingerprint density at radius 1 is 1.31 bits per heavy atom. The van der Waals surface area contributed by atoms with Crippen molar-refractivity contribution >= 4 is 34.9 Å². The molecule has 0 saturated carbocycles. The number of ether oxygens (including phenoxy) is 2. The first-order chi connectivity index (χ1) is 12.6. The van der Waals surface area contributed by atoms with Crippen LogP contribution in [0.2, 0.25) is 10.0 Å². The van der Waals surface area contributed by atoms with Crippen LogP contribution in [0, 0.1) is 0 Å². The van der Waals surface area contributed by atoms with Crippen molar-refractivity contribution in [2.24, 2.45) is 0 Å². The number of urea groups is 1. The molecule has 2 heterocycles. The van der Waals surface area contributed by atoms with Crippen molar-refractivity contribution in [1.82, 2.24) is 9.88 Å². The summed E-state index contributed by atoms with van der Waals surface area (Å²) in [5.41, 5.74) is 0.533. The van der Waals surface area contributed by atoms with Crippen LogP contribution < -0.4 is 14.8 Å². The van der Waals surface area contributed by atoms with Crippen LogP contribution >= 0.6 is 23.2 Å². The van der Waals surface area contributed by atoms with Gasteiger partial charge >= 0.3 is 6.03 Å². The van der Waals surface area contributed by atoms with E-state index in [9.17, 15) is 4.79 Å². The van der Waals surface area contributed by atoms with E-state index >= 15 is 0 Å². The zero-order valence-corrected chi connectivity index (χ0v) is 15.8. The molecule has 8 heteroatoms. The van der Waals surface area contributed by atoms with Crippen LogP contribution in [-0.2, 0) is 0 Å². The SMILES string of the molecule is COc1ccc(Cl)cc1NC(=O)N1CCC[C@@H](Oc2ccncc2Cl)C1. The van der Waals surface area contributed by atoms with Crippen LogP contribution in [0.4, 0.5) is 10.5 Å². The Labute approximate surface area is 162 Å². The van der Waals surface area contributed by atoms with Crippen molar-refractivity contribution in [3.05, 3.63) is 46.7 Å². The van der Waals surface area contributed by atoms with E-state index < -0.39 is 0 Å². The molecule has 1 aliphatic heterocycles. The summed E-state index contributed by atoms with van der Waals surface area (Å²) in [6.07, 6.45) is 4.72. The lowest BCUT2D eigenvalue weighted by molar-refractivity contribution is 0.106. The molecule has 138 valence electrons. The second kappa shape index (κ2) is 8.47. The number of piperidine rings is 1. The Morgan fingerprint density at radius 2 is 2.15 bits per heavy atom. The molecule has 1 fully saturated rings. The summed E-state index contributed by atoms with van der Waals surface area (Å²) in [7, 11) is 1.54. The average molecular weight is 396 g/mol. The predicted molar refractivity (Wildman–Crippen MR) is 101 cm³/mol. The average Bonchev–Trinajstić information content (AvgIpc) is 2.64. The van der Waals surface area contributed by atoms with Gasteiger partial charge in [-0.3, -0.25) is 4.98 Å². The normalized spacial score (nSPS) is 16.9. The maximum absolute atomic E-state index is 12.6. The van der Waals surface area contributed by atoms with Crippen molar-refractivity contribution in [3.8, 4) is 11.5 Å². The maximum atomic E-state index is 12.6. The Balaban J connectivity index is 1.65. The van der Waals surface area contributed by atoms with E-state index in [2.05, 4.69) is 10.3 Å². The minimum atomic E-state index is -0.223. The topological polar surface area (TPSA) is 63.7 Å². The highest BCUT2D eigenvalue weighted by molar-refractivity contribution is 6.32. The number of halogens is 2. The molecule has 1 atom stereocenters. The quantitative estimate of drug-likeness (QED) is 0.828. The second-order valence-electron chi connectivity index (χ2n) is 5.91. The van der Waals surface area contributed by atoms with Gasteiger partial charge in [0.25, 0.3) is 0 Å². The van der Waals surface area contributed by atoms with Gasteiger partial charge in [0.1, 0.15) is 22.6 Å². The lowest BCUT2D eigenvalue weighted by Crippen LogP contribution is -2.46. The number of nitrogens with one attached hydrogen (secondary N) is 1. The third-order valence-electron chi connectivity index (χ3n) is 4.10. The number of pyridine rings is 1. The molecule has 26 heavy (non-hydrogen) atoms. The molecule has 1 aromatic heterocycles. The number of hydrogen-bond donors (Lipinski definition) is 1. The van der Waals surface area contributed by atoms with Crippen molar-refractivity contribution in [2.45, 2.75) is 18.9 Å². The predicted octanol–water partition coefficient (Wildman–Crippen LogP) is 4.47. The van der Waals surface area contributed by atoms with E-state index in [1.165, 1.54) is 6.20 Å². The van der Waals surface area contributed by atoms with Gasteiger partial charge in [-0.2, -0.15) is 0 Å². The van der Waals surface area contributed by atoms with E-state index in [4.69, 9.17) is 32.7 Å². The van der Waals surface area contributed by atoms with Gasteiger partial charge in [0.05, 0.1) is 19.3 Å². The molecule has 0 unspecified atom stereocenters. The first-order valence-electron chi connectivity index (χ1n) is 8.22. The Morgan fingerprint density at radius 3 is 2.92 bits per heavy atom. The molecule has 6 nitrogen and oxygen atoms in total. The van der Waals surface area contributed by atoms with Crippen LogP contribution in [0.25, 0.3) is 0 Å². The van der Waals surface area contributed by atoms with Gasteiger partial charge in [0.2, 0.25) is 0 Å². The first kappa shape index (κ1) is 18.6. The third-order valence-corrected chi connectivity index (χ3v) is 4.62. The molecule has 0 bridgehead atoms. The van der Waals surface area contributed by atoms with Crippen LogP contribution in [0.1, 0.15) is 12.8 Å². The molecule has 0 aliphatic carbocycles. The van der Waals surface area contributed by atoms with E-state index in [1.807, 2.05) is 0 Å². The van der Waals surface area contributed by atoms with E-state index in [-0.39, 0.29) is 12.1 Å². The lowest BCUT2D eigenvalue weighted by Gasteiger charge is -2.33. The summed E-state index contributed by atoms with van der Waals surface area (Å²) < 4.78 is 11.2. The zero-order chi connectivity index (χ0) is 18.5. The number of rotatable bonds is 4. The third kappa shape index (κ3) is 4.51. The fraction of sp³-hybridized carbons (Fsp3) is 0.333. The fourth-order valence-electron chi connectivity index (χ4n) is 2.83. The lowest BCUT2D eigenvalue weighted by atomic mass is 10.1. The van der Waals surface area contributed by atoms with Gasteiger partial charge < -0.3 is 19.7 Å². The second-order valence-corrected chi connectivity index (χ2v) is 6.75. The number of methoxy groups -OCH3 is 1. The molecule has 0 radical (unpaired) electrons. The highest BCUT2D eigenvalue weighted by Gasteiger charge is 2.26. The molecule has 2 aromatic rings. The van der Waals surface area contributed by atoms with Crippen LogP contribution in [0.3, 0.4) is 0 Å². The molecule has 0 spiro atoms. The van der Waals surface area contributed by atoms with Crippen LogP contribution in [-0.4, -0.2) is 42.2 Å². The summed E-state index contributed by atoms with van der Waals surface area (Å²) in [6.45, 7) is 1.12. The van der Waals surface area contributed by atoms with Gasteiger partial charge in [-0.05, 0) is 31.0 Å². The van der Waals surface area contributed by atoms with Crippen molar-refractivity contribution in [1.29, 1.82) is 0 Å². The van der Waals surface area contributed by atoms with Crippen molar-refractivity contribution in [2.75, 3.05) is 25.5 Å². The standard InChI is InChI=1S/C18H19Cl2N3O3/c1-25-17-5-4-12(19)9-15(17)22-18(24)23-8-2-3-13(11-23)26-16-6-7-21-10-14(16)20/h4-7,9-10,13H,2-3,8,11H2,1H3,(H,22,24)/t13-/m1/s1. The van der Waals surface area contributed by atoms with Crippen molar-refractivity contribution < 1.29 is 14.3 Å². The van der Waals surface area contributed by atoms with Gasteiger partial charge in [0.15, 0.2) is 0 Å². The molecule has 1 aliphatic rings. The van der Waals surface area contributed by atoms with Crippen LogP contribution in [0.5, 0.6) is 11.5 Å². The molecule has 3 rings (SSSR count). The summed E-state index contributed by atoms with van der Waals surface area (Å²) in [4.78, 5) is 18.3. The van der Waals surface area contributed by atoms with Crippen LogP contribution in [0.15, 0.2) is 36.7 Å².